The SMILES string of the molecule is CC[C@@H]1OC(=O)[C@H](C)[C@H](O[C@H]2C[C@@](C)(OC)[C@@H](OC(=O)OCc3ccccc3)[C@H](C)O2)[C@H](C)[C@@H](O[C@@H]2O[C@H](C)C[C@H](N(C)C)[C@H]2OC(C)=O)[C@]2(C)CC(C)=C(O2)[C@@H](C)[C@@H](O)[C@@H]1C. The van der Waals surface area contributed by atoms with Gasteiger partial charge in [-0.15, -0.1) is 0 Å². The molecule has 350 valence electrons. The van der Waals surface area contributed by atoms with E-state index in [-0.39, 0.29) is 25.2 Å². The first kappa shape index (κ1) is 49.7. The molecule has 2 bridgehead atoms. The topological polar surface area (TPSA) is 167 Å². The molecule has 0 aliphatic carbocycles. The molecule has 3 saturated heterocycles. The highest BCUT2D eigenvalue weighted by Gasteiger charge is 2.56. The minimum atomic E-state index is -1.10. The van der Waals surface area contributed by atoms with Crippen LogP contribution in [0.1, 0.15) is 107 Å². The molecule has 3 fully saturated rings. The quantitative estimate of drug-likeness (QED) is 0.184. The number of cyclic esters (lactones) is 1. The molecule has 1 aromatic rings. The standard InChI is InChI=1S/C47H73NO14/c1-15-35-27(4)37(50)28(5)38-25(2)22-47(11,62-38)41(60-44-40(57-32(9)49)34(48(12)13)21-26(3)55-44)29(6)39(30(7)43(51)58-35)59-36-23-46(10,53-14)42(31(8)56-36)61-45(52)54-24-33-19-17-16-18-20-33/h16-20,26-31,34-37,39-42,44,50H,15,21-24H2,1-14H3/t26-,27-,28+,29+,30-,31+,34+,35+,36+,37+,39-,40-,41-,42+,44+,46-,47+/m1/s1. The van der Waals surface area contributed by atoms with E-state index < -0.39 is 108 Å². The number of carbonyl (C=O) groups is 3. The van der Waals surface area contributed by atoms with E-state index in [0.29, 0.717) is 25.0 Å². The Labute approximate surface area is 368 Å². The Morgan fingerprint density at radius 3 is 2.21 bits per heavy atom. The van der Waals surface area contributed by atoms with Crippen LogP contribution in [0.3, 0.4) is 0 Å². The number of esters is 2. The van der Waals surface area contributed by atoms with Crippen molar-refractivity contribution in [2.75, 3.05) is 21.2 Å². The predicted octanol–water partition coefficient (Wildman–Crippen LogP) is 6.71. The Morgan fingerprint density at radius 1 is 0.919 bits per heavy atom. The zero-order valence-corrected chi connectivity index (χ0v) is 39.3. The van der Waals surface area contributed by atoms with E-state index in [2.05, 4.69) is 0 Å². The minimum Gasteiger partial charge on any atom is -0.489 e. The Morgan fingerprint density at radius 2 is 1.60 bits per heavy atom. The summed E-state index contributed by atoms with van der Waals surface area (Å²) in [6.07, 6.45) is -7.20. The van der Waals surface area contributed by atoms with Crippen molar-refractivity contribution in [3.05, 3.63) is 47.2 Å². The van der Waals surface area contributed by atoms with Crippen molar-refractivity contribution < 1.29 is 66.9 Å². The van der Waals surface area contributed by atoms with Crippen LogP contribution in [0.2, 0.25) is 0 Å². The number of ether oxygens (including phenoxy) is 10. The summed E-state index contributed by atoms with van der Waals surface area (Å²) in [6.45, 7) is 20.3. The number of aliphatic hydroxyl groups excluding tert-OH is 1. The van der Waals surface area contributed by atoms with Gasteiger partial charge in [0.1, 0.15) is 35.8 Å². The lowest BCUT2D eigenvalue weighted by atomic mass is 9.79. The van der Waals surface area contributed by atoms with Crippen LogP contribution in [0.4, 0.5) is 4.79 Å². The van der Waals surface area contributed by atoms with Crippen molar-refractivity contribution in [3.8, 4) is 0 Å². The molecule has 4 heterocycles. The number of carbonyl (C=O) groups excluding carboxylic acids is 3. The summed E-state index contributed by atoms with van der Waals surface area (Å²) < 4.78 is 63.7. The van der Waals surface area contributed by atoms with Crippen molar-refractivity contribution in [1.29, 1.82) is 0 Å². The average molecular weight is 876 g/mol. The molecule has 0 amide bonds. The summed E-state index contributed by atoms with van der Waals surface area (Å²) >= 11 is 0. The van der Waals surface area contributed by atoms with Crippen molar-refractivity contribution >= 4 is 18.1 Å². The smallest absolute Gasteiger partial charge is 0.489 e. The summed E-state index contributed by atoms with van der Waals surface area (Å²) in [5.41, 5.74) is -0.408. The number of likely N-dealkylation sites (N-methyl/N-ethyl adjacent to an activating group) is 1. The van der Waals surface area contributed by atoms with Gasteiger partial charge in [-0.05, 0) is 79.6 Å². The lowest BCUT2D eigenvalue weighted by Gasteiger charge is -2.49. The highest BCUT2D eigenvalue weighted by atomic mass is 16.8. The maximum atomic E-state index is 14.4. The summed E-state index contributed by atoms with van der Waals surface area (Å²) in [4.78, 5) is 42.1. The maximum absolute atomic E-state index is 14.4. The van der Waals surface area contributed by atoms with Crippen molar-refractivity contribution in [1.82, 2.24) is 4.90 Å². The summed E-state index contributed by atoms with van der Waals surface area (Å²) in [6, 6.07) is 9.06. The molecule has 0 unspecified atom stereocenters. The van der Waals surface area contributed by atoms with Crippen LogP contribution in [0.25, 0.3) is 0 Å². The second-order valence-electron chi connectivity index (χ2n) is 18.8. The van der Waals surface area contributed by atoms with E-state index in [9.17, 15) is 19.5 Å². The first-order chi connectivity index (χ1) is 29.1. The van der Waals surface area contributed by atoms with Gasteiger partial charge in [0.25, 0.3) is 0 Å². The third-order valence-corrected chi connectivity index (χ3v) is 13.6. The van der Waals surface area contributed by atoms with Crippen LogP contribution in [-0.4, -0.2) is 128 Å². The molecule has 0 radical (unpaired) electrons. The number of benzene rings is 1. The first-order valence-corrected chi connectivity index (χ1v) is 22.3. The molecule has 1 aromatic carbocycles. The van der Waals surface area contributed by atoms with E-state index >= 15 is 0 Å². The normalized spacial score (nSPS) is 40.6. The maximum Gasteiger partial charge on any atom is 0.509 e. The van der Waals surface area contributed by atoms with E-state index in [1.165, 1.54) is 14.0 Å². The summed E-state index contributed by atoms with van der Waals surface area (Å²) in [5.74, 6) is -2.75. The van der Waals surface area contributed by atoms with Crippen LogP contribution >= 0.6 is 0 Å². The predicted molar refractivity (Wildman–Crippen MR) is 227 cm³/mol. The summed E-state index contributed by atoms with van der Waals surface area (Å²) in [5, 5.41) is 11.8. The lowest BCUT2D eigenvalue weighted by molar-refractivity contribution is -0.318. The Hall–Kier alpha value is -3.31. The van der Waals surface area contributed by atoms with Crippen molar-refractivity contribution in [2.24, 2.45) is 23.7 Å². The van der Waals surface area contributed by atoms with E-state index in [0.717, 1.165) is 11.1 Å². The van der Waals surface area contributed by atoms with Crippen LogP contribution < -0.4 is 0 Å². The monoisotopic (exact) mass is 876 g/mol. The van der Waals surface area contributed by atoms with E-state index in [1.807, 2.05) is 105 Å². The van der Waals surface area contributed by atoms with Gasteiger partial charge >= 0.3 is 18.1 Å². The van der Waals surface area contributed by atoms with Crippen LogP contribution in [0.15, 0.2) is 41.7 Å². The van der Waals surface area contributed by atoms with Gasteiger partial charge in [0.05, 0.1) is 36.4 Å². The molecule has 1 N–H and O–H groups in total. The lowest BCUT2D eigenvalue weighted by Crippen LogP contribution is -2.61. The fourth-order valence-corrected chi connectivity index (χ4v) is 10.0. The molecule has 15 heteroatoms. The highest BCUT2D eigenvalue weighted by Crippen LogP contribution is 2.47. The fraction of sp³-hybridized carbons (Fsp3) is 0.766. The molecule has 62 heavy (non-hydrogen) atoms. The van der Waals surface area contributed by atoms with E-state index in [4.69, 9.17) is 47.4 Å². The van der Waals surface area contributed by atoms with Crippen LogP contribution in [-0.2, 0) is 63.6 Å². The molecular formula is C47H73NO14. The van der Waals surface area contributed by atoms with Gasteiger partial charge in [-0.1, -0.05) is 58.0 Å². The number of fused-ring (bicyclic) bond motifs is 2. The molecule has 15 nitrogen and oxygen atoms in total. The minimum absolute atomic E-state index is 0.0325. The summed E-state index contributed by atoms with van der Waals surface area (Å²) in [7, 11) is 5.38. The molecule has 5 rings (SSSR count). The third kappa shape index (κ3) is 11.1. The van der Waals surface area contributed by atoms with Crippen LogP contribution in [0.5, 0.6) is 0 Å². The third-order valence-electron chi connectivity index (χ3n) is 13.6. The first-order valence-electron chi connectivity index (χ1n) is 22.3. The number of rotatable bonds is 11. The number of aliphatic hydroxyl groups is 1. The van der Waals surface area contributed by atoms with E-state index in [1.54, 1.807) is 13.8 Å². The number of methoxy groups -OCH3 is 1. The van der Waals surface area contributed by atoms with Crippen LogP contribution in [0, 0.1) is 23.7 Å². The molecule has 17 atom stereocenters. The van der Waals surface area contributed by atoms with Crippen molar-refractivity contribution in [3.63, 3.8) is 0 Å². The molecule has 0 aromatic heterocycles. The zero-order chi connectivity index (χ0) is 45.8. The van der Waals surface area contributed by atoms with Gasteiger partial charge in [0.15, 0.2) is 24.8 Å². The molecule has 0 saturated carbocycles. The zero-order valence-electron chi connectivity index (χ0n) is 39.3. The Bertz CT molecular complexity index is 1710. The van der Waals surface area contributed by atoms with Crippen molar-refractivity contribution in [2.45, 2.75) is 187 Å². The average Bonchev–Trinajstić information content (AvgIpc) is 3.54. The molecule has 4 aliphatic heterocycles. The molecule has 0 spiro atoms. The second-order valence-corrected chi connectivity index (χ2v) is 18.8. The van der Waals surface area contributed by atoms with Gasteiger partial charge in [-0.3, -0.25) is 9.59 Å². The Balaban J connectivity index is 1.53. The van der Waals surface area contributed by atoms with Gasteiger partial charge in [-0.2, -0.15) is 0 Å². The molecule has 4 aliphatic rings. The number of nitrogens with zero attached hydrogens (tertiary/aromatic N) is 1. The molecular weight excluding hydrogens is 803 g/mol. The second kappa shape index (κ2) is 20.7. The largest absolute Gasteiger partial charge is 0.509 e. The fourth-order valence-electron chi connectivity index (χ4n) is 10.0. The van der Waals surface area contributed by atoms with Gasteiger partial charge in [0.2, 0.25) is 0 Å². The number of hydrogen-bond donors (Lipinski definition) is 1. The van der Waals surface area contributed by atoms with Gasteiger partial charge < -0.3 is 57.4 Å². The number of hydrogen-bond acceptors (Lipinski definition) is 15. The Kier molecular flexibility index (Phi) is 16.6. The van der Waals surface area contributed by atoms with Gasteiger partial charge in [-0.25, -0.2) is 4.79 Å². The highest BCUT2D eigenvalue weighted by molar-refractivity contribution is 5.73. The van der Waals surface area contributed by atoms with Gasteiger partial charge in [0, 0.05) is 44.6 Å².